The van der Waals surface area contributed by atoms with Gasteiger partial charge in [0.25, 0.3) is 0 Å². The van der Waals surface area contributed by atoms with Crippen LogP contribution in [0.2, 0.25) is 0 Å². The number of rotatable bonds is 4. The van der Waals surface area contributed by atoms with E-state index in [0.717, 1.165) is 53.7 Å². The molecule has 0 aliphatic carbocycles. The molecule has 2 aromatic carbocycles. The number of imidazole rings is 2. The summed E-state index contributed by atoms with van der Waals surface area (Å²) in [7, 11) is 0. The number of nitrogens with zero attached hydrogens (tertiary/aromatic N) is 2. The van der Waals surface area contributed by atoms with Gasteiger partial charge in [-0.15, -0.1) is 0 Å². The minimum absolute atomic E-state index is 0.0610. The quantitative estimate of drug-likeness (QED) is 0.115. The molecule has 0 saturated carbocycles. The zero-order chi connectivity index (χ0) is 20.1. The molecular weight excluding hydrogens is 431 g/mol. The van der Waals surface area contributed by atoms with E-state index in [0.29, 0.717) is 11.7 Å². The number of aromatic amines is 2. The summed E-state index contributed by atoms with van der Waals surface area (Å²) in [5.74, 6) is 2.28. The van der Waals surface area contributed by atoms with Crippen LogP contribution in [0.25, 0.3) is 42.6 Å². The van der Waals surface area contributed by atoms with E-state index in [1.807, 2.05) is 36.4 Å². The molecule has 0 amide bonds. The number of H-pyrrole nitrogens is 2. The van der Waals surface area contributed by atoms with Crippen LogP contribution in [0, 0.1) is 0 Å². The van der Waals surface area contributed by atoms with Crippen LogP contribution in [0.4, 0.5) is 0 Å². The maximum absolute atomic E-state index is 5.69. The average molecular weight is 449 g/mol. The molecule has 0 aliphatic heterocycles. The summed E-state index contributed by atoms with van der Waals surface area (Å²) < 4.78 is 2.30. The Morgan fingerprint density at radius 1 is 0.724 bits per heavy atom. The molecule has 8 nitrogen and oxygen atoms in total. The Labute approximate surface area is 170 Å². The molecule has 29 heavy (non-hydrogen) atoms. The molecule has 142 valence electrons. The van der Waals surface area contributed by atoms with E-state index in [1.165, 1.54) is 0 Å². The van der Waals surface area contributed by atoms with Crippen molar-refractivity contribution in [1.82, 2.24) is 19.9 Å². The summed E-state index contributed by atoms with van der Waals surface area (Å²) in [6, 6.07) is 15.6. The number of nitrogens with two attached hydrogens (primary N) is 4. The zero-order valence-corrected chi connectivity index (χ0v) is 16.9. The van der Waals surface area contributed by atoms with Crippen LogP contribution in [-0.2, 0) is 0 Å². The Hall–Kier alpha value is -3.68. The minimum atomic E-state index is 0.0610. The second kappa shape index (κ2) is 6.44. The number of fused-ring (bicyclic) bond motifs is 2. The van der Waals surface area contributed by atoms with Crippen molar-refractivity contribution < 1.29 is 10.8 Å². The van der Waals surface area contributed by atoms with Crippen molar-refractivity contribution in [1.29, 1.82) is 0 Å². The molecule has 0 atom stereocenters. The van der Waals surface area contributed by atoms with E-state index < -0.39 is 0 Å². The number of aromatic nitrogens is 4. The van der Waals surface area contributed by atoms with Gasteiger partial charge >= 0.3 is 171 Å². The second-order valence-electron chi connectivity index (χ2n) is 6.71. The summed E-state index contributed by atoms with van der Waals surface area (Å²) in [5.41, 5.74) is 16.5. The van der Waals surface area contributed by atoms with Crippen molar-refractivity contribution in [2.45, 2.75) is 0 Å². The van der Waals surface area contributed by atoms with Crippen molar-refractivity contribution in [2.75, 3.05) is 0 Å². The van der Waals surface area contributed by atoms with Gasteiger partial charge in [-0.1, -0.05) is 0 Å². The van der Waals surface area contributed by atoms with Crippen molar-refractivity contribution >= 4 is 48.2 Å². The molecule has 3 heterocycles. The van der Waals surface area contributed by atoms with Crippen molar-refractivity contribution in [3.05, 3.63) is 59.7 Å². The van der Waals surface area contributed by atoms with Gasteiger partial charge < -0.3 is 0 Å². The van der Waals surface area contributed by atoms with Crippen molar-refractivity contribution in [3.8, 4) is 20.5 Å². The molecule has 5 aromatic rings. The molecule has 5 rings (SSSR count). The molecule has 0 radical (unpaired) electrons. The van der Waals surface area contributed by atoms with Gasteiger partial charge in [-0.05, 0) is 0 Å². The molecule has 9 heteroatoms. The van der Waals surface area contributed by atoms with E-state index in [9.17, 15) is 0 Å². The van der Waals surface area contributed by atoms with Gasteiger partial charge in [0.1, 0.15) is 0 Å². The van der Waals surface area contributed by atoms with Gasteiger partial charge in [0, 0.05) is 0 Å². The van der Waals surface area contributed by atoms with Crippen molar-refractivity contribution in [2.24, 2.45) is 11.5 Å². The Bertz CT molecular complexity index is 1310. The molecule has 0 bridgehead atoms. The standard InChI is InChI=1S/C20H16N8Se/c21-17(22)9-1-3-11-13(7-9)27-19(25-11)15-5-6-16(29-15)20-26-12-4-2-10(18(23)24)8-14(12)28-20/h1-8H,(H3,21,22)(H3,23,24)(H,25,27)(H,26,28)/p+2. The van der Waals surface area contributed by atoms with Crippen LogP contribution in [0.5, 0.6) is 0 Å². The fourth-order valence-electron chi connectivity index (χ4n) is 3.20. The second-order valence-corrected chi connectivity index (χ2v) is 8.98. The Kier molecular flexibility index (Phi) is 3.87. The van der Waals surface area contributed by atoms with Crippen LogP contribution in [0.1, 0.15) is 11.1 Å². The van der Waals surface area contributed by atoms with Crippen LogP contribution < -0.4 is 22.3 Å². The third-order valence-corrected chi connectivity index (χ3v) is 7.01. The van der Waals surface area contributed by atoms with Crippen LogP contribution >= 0.6 is 0 Å². The maximum atomic E-state index is 5.69. The number of nitrogens with one attached hydrogen (secondary N) is 2. The monoisotopic (exact) mass is 450 g/mol. The Morgan fingerprint density at radius 3 is 1.59 bits per heavy atom. The summed E-state index contributed by atoms with van der Waals surface area (Å²) in [6.07, 6.45) is 0. The van der Waals surface area contributed by atoms with E-state index in [2.05, 4.69) is 22.1 Å². The predicted octanol–water partition coefficient (Wildman–Crippen LogP) is -1.24. The van der Waals surface area contributed by atoms with Crippen LogP contribution in [0.3, 0.4) is 0 Å². The summed E-state index contributed by atoms with van der Waals surface area (Å²) in [6.45, 7) is 0. The molecule has 0 fully saturated rings. The van der Waals surface area contributed by atoms with E-state index in [1.54, 1.807) is 0 Å². The SMILES string of the molecule is NC(=[NH2+])c1ccc2nc(-c3ccc(-c4nc5ccc(C(N)=[NH2+])cc5[nH]4)[se]3)[nH]c2c1. The first-order valence-electron chi connectivity index (χ1n) is 8.84. The van der Waals surface area contributed by atoms with Crippen molar-refractivity contribution in [3.63, 3.8) is 0 Å². The van der Waals surface area contributed by atoms with Gasteiger partial charge in [-0.3, -0.25) is 0 Å². The first-order valence-corrected chi connectivity index (χ1v) is 10.6. The summed E-state index contributed by atoms with van der Waals surface area (Å²) in [4.78, 5) is 16.1. The summed E-state index contributed by atoms with van der Waals surface area (Å²) >= 11 is 0.0610. The van der Waals surface area contributed by atoms with E-state index in [-0.39, 0.29) is 14.5 Å². The number of hydrogen-bond donors (Lipinski definition) is 6. The number of amidine groups is 2. The fourth-order valence-corrected chi connectivity index (χ4v) is 5.08. The first kappa shape index (κ1) is 17.4. The average Bonchev–Trinajstić information content (AvgIpc) is 3.42. The number of hydrogen-bond acceptors (Lipinski definition) is 2. The molecule has 0 spiro atoms. The molecular formula is C20H18N8Se+2. The molecule has 0 saturated heterocycles. The van der Waals surface area contributed by atoms with Gasteiger partial charge in [-0.2, -0.15) is 0 Å². The van der Waals surface area contributed by atoms with Gasteiger partial charge in [0.15, 0.2) is 0 Å². The third kappa shape index (κ3) is 3.02. The Morgan fingerprint density at radius 2 is 1.17 bits per heavy atom. The molecule has 0 unspecified atom stereocenters. The predicted molar refractivity (Wildman–Crippen MR) is 114 cm³/mol. The topological polar surface area (TPSA) is 161 Å². The van der Waals surface area contributed by atoms with Crippen LogP contribution in [0.15, 0.2) is 48.5 Å². The first-order chi connectivity index (χ1) is 14.0. The number of benzene rings is 2. The molecule has 3 aromatic heterocycles. The van der Waals surface area contributed by atoms with E-state index in [4.69, 9.17) is 32.3 Å². The molecule has 10 N–H and O–H groups in total. The van der Waals surface area contributed by atoms with Gasteiger partial charge in [0.05, 0.1) is 0 Å². The van der Waals surface area contributed by atoms with Gasteiger partial charge in [-0.25, -0.2) is 0 Å². The normalized spacial score (nSPS) is 11.3. The van der Waals surface area contributed by atoms with E-state index >= 15 is 0 Å². The molecule has 0 aliphatic rings. The zero-order valence-electron chi connectivity index (χ0n) is 15.2. The van der Waals surface area contributed by atoms with Crippen LogP contribution in [-0.4, -0.2) is 46.1 Å². The third-order valence-electron chi connectivity index (χ3n) is 4.70. The summed E-state index contributed by atoms with van der Waals surface area (Å²) in [5, 5.41) is 11.4. The fraction of sp³-hybridized carbons (Fsp3) is 0. The Balaban J connectivity index is 1.52. The van der Waals surface area contributed by atoms with Gasteiger partial charge in [0.2, 0.25) is 0 Å².